The Morgan fingerprint density at radius 1 is 1.27 bits per heavy atom. The van der Waals surface area contributed by atoms with Crippen LogP contribution in [-0.4, -0.2) is 20.7 Å². The van der Waals surface area contributed by atoms with Crippen molar-refractivity contribution in [3.8, 4) is 0 Å². The second-order valence-corrected chi connectivity index (χ2v) is 8.17. The highest BCUT2D eigenvalue weighted by atomic mass is 35.5. The fraction of sp³-hybridized carbons (Fsp3) is 0.316. The average molecular weight is 389 g/mol. The van der Waals surface area contributed by atoms with E-state index >= 15 is 0 Å². The van der Waals surface area contributed by atoms with Crippen molar-refractivity contribution in [1.82, 2.24) is 14.8 Å². The van der Waals surface area contributed by atoms with E-state index in [1.807, 2.05) is 41.8 Å². The van der Waals surface area contributed by atoms with Crippen LogP contribution in [-0.2, 0) is 17.8 Å². The van der Waals surface area contributed by atoms with Crippen molar-refractivity contribution in [3.05, 3.63) is 64.4 Å². The Hall–Kier alpha value is -2.18. The quantitative estimate of drug-likeness (QED) is 0.645. The molecule has 3 rings (SSSR count). The van der Waals surface area contributed by atoms with Crippen LogP contribution in [0.2, 0.25) is 0 Å². The van der Waals surface area contributed by atoms with Gasteiger partial charge in [-0.2, -0.15) is 5.10 Å². The molecule has 0 saturated heterocycles. The van der Waals surface area contributed by atoms with Gasteiger partial charge >= 0.3 is 0 Å². The number of rotatable bonds is 5. The lowest BCUT2D eigenvalue weighted by Gasteiger charge is -2.14. The van der Waals surface area contributed by atoms with E-state index in [9.17, 15) is 4.79 Å². The van der Waals surface area contributed by atoms with Gasteiger partial charge in [-0.05, 0) is 11.6 Å². The van der Waals surface area contributed by atoms with Gasteiger partial charge in [-0.3, -0.25) is 14.8 Å². The number of alkyl halides is 1. The van der Waals surface area contributed by atoms with Gasteiger partial charge in [0, 0.05) is 10.8 Å². The second kappa shape index (κ2) is 7.60. The maximum atomic E-state index is 12.8. The molecule has 0 aliphatic rings. The number of aromatic nitrogens is 3. The van der Waals surface area contributed by atoms with E-state index in [1.165, 1.54) is 11.3 Å². The first-order chi connectivity index (χ1) is 12.4. The zero-order valence-corrected chi connectivity index (χ0v) is 16.6. The Balaban J connectivity index is 1.90. The number of amides is 1. The van der Waals surface area contributed by atoms with Crippen molar-refractivity contribution in [2.45, 2.75) is 38.6 Å². The van der Waals surface area contributed by atoms with Gasteiger partial charge in [0.1, 0.15) is 5.69 Å². The molecule has 0 saturated carbocycles. The van der Waals surface area contributed by atoms with E-state index in [2.05, 4.69) is 36.2 Å². The first-order valence-corrected chi connectivity index (χ1v) is 9.72. The Kier molecular flexibility index (Phi) is 5.44. The molecular formula is C19H21ClN4OS. The normalized spacial score (nSPS) is 11.5. The van der Waals surface area contributed by atoms with Crippen LogP contribution in [0.5, 0.6) is 0 Å². The number of nitrogens with zero attached hydrogens (tertiary/aromatic N) is 3. The Labute approximate surface area is 162 Å². The molecule has 1 N–H and O–H groups in total. The van der Waals surface area contributed by atoms with Gasteiger partial charge in [-0.25, -0.2) is 4.98 Å². The van der Waals surface area contributed by atoms with Crippen molar-refractivity contribution in [2.24, 2.45) is 0 Å². The number of hydrogen-bond donors (Lipinski definition) is 1. The molecule has 0 radical (unpaired) electrons. The van der Waals surface area contributed by atoms with Crippen molar-refractivity contribution >= 4 is 34.0 Å². The zero-order valence-electron chi connectivity index (χ0n) is 15.0. The SMILES string of the molecule is CC(C)(C)c1cc(C(=O)Nc2nc(CCl)cs2)n(Cc2ccccc2)n1. The molecule has 0 fully saturated rings. The number of hydrogen-bond acceptors (Lipinski definition) is 4. The van der Waals surface area contributed by atoms with E-state index < -0.39 is 0 Å². The summed E-state index contributed by atoms with van der Waals surface area (Å²) in [6, 6.07) is 11.8. The lowest BCUT2D eigenvalue weighted by atomic mass is 9.92. The topological polar surface area (TPSA) is 59.8 Å². The van der Waals surface area contributed by atoms with Crippen LogP contribution in [0.4, 0.5) is 5.13 Å². The Bertz CT molecular complexity index is 896. The van der Waals surface area contributed by atoms with Gasteiger partial charge in [0.05, 0.1) is 23.8 Å². The number of carbonyl (C=O) groups excluding carboxylic acids is 1. The van der Waals surface area contributed by atoms with E-state index in [-0.39, 0.29) is 11.3 Å². The van der Waals surface area contributed by atoms with Crippen molar-refractivity contribution < 1.29 is 4.79 Å². The number of nitrogens with one attached hydrogen (secondary N) is 1. The minimum atomic E-state index is -0.223. The molecule has 0 spiro atoms. The third-order valence-corrected chi connectivity index (χ3v) is 4.95. The predicted octanol–water partition coefficient (Wildman–Crippen LogP) is 4.68. The van der Waals surface area contributed by atoms with Crippen LogP contribution >= 0.6 is 22.9 Å². The summed E-state index contributed by atoms with van der Waals surface area (Å²) >= 11 is 7.14. The highest BCUT2D eigenvalue weighted by molar-refractivity contribution is 7.14. The van der Waals surface area contributed by atoms with E-state index in [1.54, 1.807) is 4.68 Å². The molecule has 136 valence electrons. The van der Waals surface area contributed by atoms with Crippen LogP contribution in [0.3, 0.4) is 0 Å². The van der Waals surface area contributed by atoms with Crippen molar-refractivity contribution in [3.63, 3.8) is 0 Å². The third kappa shape index (κ3) is 4.31. The molecule has 0 aliphatic heterocycles. The van der Waals surface area contributed by atoms with Crippen LogP contribution in [0.15, 0.2) is 41.8 Å². The summed E-state index contributed by atoms with van der Waals surface area (Å²) in [5, 5.41) is 9.91. The number of thiazole rings is 1. The van der Waals surface area contributed by atoms with Crippen LogP contribution < -0.4 is 5.32 Å². The lowest BCUT2D eigenvalue weighted by Crippen LogP contribution is -2.18. The van der Waals surface area contributed by atoms with Crippen LogP contribution in [0, 0.1) is 0 Å². The highest BCUT2D eigenvalue weighted by Crippen LogP contribution is 2.24. The van der Waals surface area contributed by atoms with Crippen LogP contribution in [0.25, 0.3) is 0 Å². The number of carbonyl (C=O) groups is 1. The lowest BCUT2D eigenvalue weighted by molar-refractivity contribution is 0.101. The maximum absolute atomic E-state index is 12.8. The summed E-state index contributed by atoms with van der Waals surface area (Å²) < 4.78 is 1.75. The van der Waals surface area contributed by atoms with E-state index in [0.29, 0.717) is 23.3 Å². The van der Waals surface area contributed by atoms with E-state index in [0.717, 1.165) is 17.0 Å². The first kappa shape index (κ1) is 18.6. The minimum Gasteiger partial charge on any atom is -0.296 e. The molecule has 7 heteroatoms. The molecule has 0 unspecified atom stereocenters. The van der Waals surface area contributed by atoms with Gasteiger partial charge < -0.3 is 0 Å². The molecule has 26 heavy (non-hydrogen) atoms. The van der Waals surface area contributed by atoms with Gasteiger partial charge in [0.2, 0.25) is 0 Å². The summed E-state index contributed by atoms with van der Waals surface area (Å²) in [7, 11) is 0. The molecule has 2 aromatic heterocycles. The fourth-order valence-corrected chi connectivity index (χ4v) is 3.36. The molecule has 0 bridgehead atoms. The molecule has 1 amide bonds. The minimum absolute atomic E-state index is 0.149. The standard InChI is InChI=1S/C19H21ClN4OS/c1-19(2,3)16-9-15(17(25)22-18-21-14(10-20)12-26-18)24(23-16)11-13-7-5-4-6-8-13/h4-9,12H,10-11H2,1-3H3,(H,21,22,25). The molecule has 1 aromatic carbocycles. The smallest absolute Gasteiger partial charge is 0.275 e. The monoisotopic (exact) mass is 388 g/mol. The van der Waals surface area contributed by atoms with E-state index in [4.69, 9.17) is 11.6 Å². The summed E-state index contributed by atoms with van der Waals surface area (Å²) in [4.78, 5) is 17.1. The summed E-state index contributed by atoms with van der Waals surface area (Å²) in [5.74, 6) is 0.103. The predicted molar refractivity (Wildman–Crippen MR) is 106 cm³/mol. The Morgan fingerprint density at radius 2 is 2.00 bits per heavy atom. The Morgan fingerprint density at radius 3 is 2.62 bits per heavy atom. The molecule has 3 aromatic rings. The first-order valence-electron chi connectivity index (χ1n) is 8.31. The largest absolute Gasteiger partial charge is 0.296 e. The number of halogens is 1. The second-order valence-electron chi connectivity index (χ2n) is 7.04. The molecule has 2 heterocycles. The van der Waals surface area contributed by atoms with Gasteiger partial charge in [-0.1, -0.05) is 51.1 Å². The van der Waals surface area contributed by atoms with Gasteiger partial charge in [0.15, 0.2) is 5.13 Å². The average Bonchev–Trinajstić information content (AvgIpc) is 3.22. The fourth-order valence-electron chi connectivity index (χ4n) is 2.43. The third-order valence-electron chi connectivity index (χ3n) is 3.87. The van der Waals surface area contributed by atoms with Gasteiger partial charge in [-0.15, -0.1) is 22.9 Å². The molecule has 0 atom stereocenters. The number of benzene rings is 1. The summed E-state index contributed by atoms with van der Waals surface area (Å²) in [6.07, 6.45) is 0. The van der Waals surface area contributed by atoms with Crippen LogP contribution in [0.1, 0.15) is 48.2 Å². The number of anilines is 1. The summed E-state index contributed by atoms with van der Waals surface area (Å²) in [5.41, 5.74) is 3.08. The maximum Gasteiger partial charge on any atom is 0.275 e. The zero-order chi connectivity index (χ0) is 18.7. The molecule has 0 aliphatic carbocycles. The molecule has 5 nitrogen and oxygen atoms in total. The summed E-state index contributed by atoms with van der Waals surface area (Å²) in [6.45, 7) is 6.77. The van der Waals surface area contributed by atoms with Crippen molar-refractivity contribution in [2.75, 3.05) is 5.32 Å². The van der Waals surface area contributed by atoms with Gasteiger partial charge in [0.25, 0.3) is 5.91 Å². The highest BCUT2D eigenvalue weighted by Gasteiger charge is 2.23. The van der Waals surface area contributed by atoms with Crippen molar-refractivity contribution in [1.29, 1.82) is 0 Å². The molecular weight excluding hydrogens is 368 g/mol.